The maximum absolute atomic E-state index is 12.6. The van der Waals surface area contributed by atoms with E-state index in [1.54, 1.807) is 0 Å². The summed E-state index contributed by atoms with van der Waals surface area (Å²) in [6.07, 6.45) is 3.43. The third-order valence-electron chi connectivity index (χ3n) is 5.51. The topological polar surface area (TPSA) is 75.2 Å². The molecule has 2 aliphatic rings. The number of ether oxygens (including phenoxy) is 2. The third-order valence-corrected chi connectivity index (χ3v) is 5.51. The van der Waals surface area contributed by atoms with Gasteiger partial charge in [-0.05, 0) is 61.6 Å². The van der Waals surface area contributed by atoms with Crippen molar-refractivity contribution in [2.45, 2.75) is 39.3 Å². The van der Waals surface area contributed by atoms with Crippen LogP contribution in [-0.4, -0.2) is 43.2 Å². The van der Waals surface area contributed by atoms with Gasteiger partial charge in [0.05, 0.1) is 6.54 Å². The molecule has 2 aromatic rings. The Morgan fingerprint density at radius 3 is 2.48 bits per heavy atom. The zero-order valence-electron chi connectivity index (χ0n) is 18.0. The molecule has 4 rings (SSSR count). The van der Waals surface area contributed by atoms with E-state index in [2.05, 4.69) is 15.6 Å². The van der Waals surface area contributed by atoms with Crippen LogP contribution >= 0.6 is 0 Å². The largest absolute Gasteiger partial charge is 0.454 e. The highest BCUT2D eigenvalue weighted by molar-refractivity contribution is 5.94. The van der Waals surface area contributed by atoms with Gasteiger partial charge in [0, 0.05) is 31.7 Å². The van der Waals surface area contributed by atoms with E-state index in [1.165, 1.54) is 6.42 Å². The minimum atomic E-state index is 0.137. The average molecular weight is 423 g/mol. The summed E-state index contributed by atoms with van der Waals surface area (Å²) in [7, 11) is 0. The van der Waals surface area contributed by atoms with E-state index in [-0.39, 0.29) is 12.7 Å². The number of nitrogens with zero attached hydrogens (tertiary/aromatic N) is 2. The number of carbonyl (C=O) groups is 1. The normalized spacial score (nSPS) is 15.6. The minimum Gasteiger partial charge on any atom is -0.454 e. The van der Waals surface area contributed by atoms with Gasteiger partial charge in [0.15, 0.2) is 17.5 Å². The second-order valence-electron chi connectivity index (χ2n) is 7.79. The first-order chi connectivity index (χ1) is 15.2. The number of hydrogen-bond acceptors (Lipinski definition) is 4. The highest BCUT2D eigenvalue weighted by Gasteiger charge is 2.18. The molecule has 0 aromatic heterocycles. The first-order valence-electron chi connectivity index (χ1n) is 11.0. The van der Waals surface area contributed by atoms with Crippen molar-refractivity contribution in [1.29, 1.82) is 0 Å². The lowest BCUT2D eigenvalue weighted by Crippen LogP contribution is -2.37. The molecular formula is C24H30N4O3. The summed E-state index contributed by atoms with van der Waals surface area (Å²) in [5.74, 6) is 2.43. The van der Waals surface area contributed by atoms with Gasteiger partial charge in [-0.2, -0.15) is 0 Å². The highest BCUT2D eigenvalue weighted by Crippen LogP contribution is 2.32. The molecule has 0 atom stereocenters. The molecule has 7 heteroatoms. The number of likely N-dealkylation sites (tertiary alicyclic amines) is 1. The van der Waals surface area contributed by atoms with Crippen LogP contribution in [0.5, 0.6) is 11.5 Å². The Labute approximate surface area is 183 Å². The molecule has 0 aliphatic carbocycles. The molecule has 0 spiro atoms. The van der Waals surface area contributed by atoms with Gasteiger partial charge in [-0.1, -0.05) is 18.2 Å². The van der Waals surface area contributed by atoms with Crippen LogP contribution in [0, 0.1) is 0 Å². The number of rotatable bonds is 6. The molecule has 0 bridgehead atoms. The first kappa shape index (κ1) is 21.0. The number of benzene rings is 2. The molecule has 2 N–H and O–H groups in total. The SMILES string of the molecule is CCNC(=NCc1ccc2c(c1)OCO2)NCc1ccc(C(=O)N2CCCCC2)cc1. The number of piperidine rings is 1. The van der Waals surface area contributed by atoms with Crippen LogP contribution < -0.4 is 20.1 Å². The van der Waals surface area contributed by atoms with Gasteiger partial charge in [-0.25, -0.2) is 4.99 Å². The molecule has 0 unspecified atom stereocenters. The van der Waals surface area contributed by atoms with E-state index in [0.717, 1.165) is 66.6 Å². The zero-order chi connectivity index (χ0) is 21.5. The van der Waals surface area contributed by atoms with Crippen LogP contribution in [0.1, 0.15) is 47.7 Å². The highest BCUT2D eigenvalue weighted by atomic mass is 16.7. The van der Waals surface area contributed by atoms with Crippen molar-refractivity contribution in [2.75, 3.05) is 26.4 Å². The number of fused-ring (bicyclic) bond motifs is 1. The molecule has 1 saturated heterocycles. The number of nitrogens with one attached hydrogen (secondary N) is 2. The Hall–Kier alpha value is -3.22. The Balaban J connectivity index is 1.33. The molecule has 2 aromatic carbocycles. The van der Waals surface area contributed by atoms with Crippen molar-refractivity contribution >= 4 is 11.9 Å². The molecule has 0 saturated carbocycles. The van der Waals surface area contributed by atoms with Gasteiger partial charge >= 0.3 is 0 Å². The summed E-state index contributed by atoms with van der Waals surface area (Å²) in [6, 6.07) is 13.7. The van der Waals surface area contributed by atoms with Crippen LogP contribution in [0.15, 0.2) is 47.5 Å². The summed E-state index contributed by atoms with van der Waals surface area (Å²) in [4.78, 5) is 19.2. The maximum Gasteiger partial charge on any atom is 0.253 e. The number of guanidine groups is 1. The summed E-state index contributed by atoms with van der Waals surface area (Å²) < 4.78 is 10.8. The van der Waals surface area contributed by atoms with Crippen LogP contribution in [0.2, 0.25) is 0 Å². The minimum absolute atomic E-state index is 0.137. The molecule has 1 fully saturated rings. The van der Waals surface area contributed by atoms with Crippen LogP contribution in [-0.2, 0) is 13.1 Å². The van der Waals surface area contributed by atoms with E-state index >= 15 is 0 Å². The van der Waals surface area contributed by atoms with Crippen LogP contribution in [0.4, 0.5) is 0 Å². The summed E-state index contributed by atoms with van der Waals surface area (Å²) in [6.45, 7) is 5.99. The van der Waals surface area contributed by atoms with E-state index in [0.29, 0.717) is 13.1 Å². The van der Waals surface area contributed by atoms with Gasteiger partial charge in [0.2, 0.25) is 6.79 Å². The Bertz CT molecular complexity index is 921. The number of aliphatic imine (C=N–C) groups is 1. The van der Waals surface area contributed by atoms with Gasteiger partial charge in [-0.15, -0.1) is 0 Å². The predicted molar refractivity (Wildman–Crippen MR) is 120 cm³/mol. The molecule has 164 valence electrons. The smallest absolute Gasteiger partial charge is 0.253 e. The van der Waals surface area contributed by atoms with Crippen molar-refractivity contribution in [3.05, 3.63) is 59.2 Å². The predicted octanol–water partition coefficient (Wildman–Crippen LogP) is 3.30. The van der Waals surface area contributed by atoms with Crippen molar-refractivity contribution in [1.82, 2.24) is 15.5 Å². The monoisotopic (exact) mass is 422 g/mol. The van der Waals surface area contributed by atoms with Crippen LogP contribution in [0.3, 0.4) is 0 Å². The Kier molecular flexibility index (Phi) is 6.92. The maximum atomic E-state index is 12.6. The Morgan fingerprint density at radius 2 is 1.71 bits per heavy atom. The average Bonchev–Trinajstić information content (AvgIpc) is 3.29. The number of carbonyl (C=O) groups excluding carboxylic acids is 1. The molecule has 2 heterocycles. The number of amides is 1. The molecule has 31 heavy (non-hydrogen) atoms. The van der Waals surface area contributed by atoms with E-state index in [1.807, 2.05) is 54.3 Å². The van der Waals surface area contributed by atoms with E-state index in [4.69, 9.17) is 9.47 Å². The van der Waals surface area contributed by atoms with Crippen molar-refractivity contribution in [3.63, 3.8) is 0 Å². The zero-order valence-corrected chi connectivity index (χ0v) is 18.0. The lowest BCUT2D eigenvalue weighted by molar-refractivity contribution is 0.0724. The fourth-order valence-electron chi connectivity index (χ4n) is 3.78. The summed E-state index contributed by atoms with van der Waals surface area (Å²) in [5, 5.41) is 6.63. The lowest BCUT2D eigenvalue weighted by atomic mass is 10.1. The molecule has 7 nitrogen and oxygen atoms in total. The Morgan fingerprint density at radius 1 is 0.968 bits per heavy atom. The van der Waals surface area contributed by atoms with Crippen molar-refractivity contribution in [2.24, 2.45) is 4.99 Å². The lowest BCUT2D eigenvalue weighted by Gasteiger charge is -2.26. The van der Waals surface area contributed by atoms with E-state index < -0.39 is 0 Å². The summed E-state index contributed by atoms with van der Waals surface area (Å²) >= 11 is 0. The standard InChI is InChI=1S/C24H30N4O3/c1-2-25-24(27-16-19-8-11-21-22(14-19)31-17-30-21)26-15-18-6-9-20(10-7-18)23(29)28-12-4-3-5-13-28/h6-11,14H,2-5,12-13,15-17H2,1H3,(H2,25,26,27). The molecular weight excluding hydrogens is 392 g/mol. The van der Waals surface area contributed by atoms with Gasteiger partial charge in [0.1, 0.15) is 0 Å². The van der Waals surface area contributed by atoms with Gasteiger partial charge in [-0.3, -0.25) is 4.79 Å². The molecule has 1 amide bonds. The fraction of sp³-hybridized carbons (Fsp3) is 0.417. The van der Waals surface area contributed by atoms with Gasteiger partial charge < -0.3 is 25.0 Å². The van der Waals surface area contributed by atoms with E-state index in [9.17, 15) is 4.79 Å². The van der Waals surface area contributed by atoms with Crippen molar-refractivity contribution < 1.29 is 14.3 Å². The van der Waals surface area contributed by atoms with Gasteiger partial charge in [0.25, 0.3) is 5.91 Å². The first-order valence-corrected chi connectivity index (χ1v) is 11.0. The number of hydrogen-bond donors (Lipinski definition) is 2. The van der Waals surface area contributed by atoms with Crippen molar-refractivity contribution in [3.8, 4) is 11.5 Å². The quantitative estimate of drug-likeness (QED) is 0.552. The second-order valence-corrected chi connectivity index (χ2v) is 7.79. The second kappa shape index (κ2) is 10.2. The van der Waals surface area contributed by atoms with Crippen LogP contribution in [0.25, 0.3) is 0 Å². The third kappa shape index (κ3) is 5.48. The molecule has 2 aliphatic heterocycles. The summed E-state index contributed by atoms with van der Waals surface area (Å²) in [5.41, 5.74) is 2.92. The molecule has 0 radical (unpaired) electrons. The fourth-order valence-corrected chi connectivity index (χ4v) is 3.78.